The highest BCUT2D eigenvalue weighted by atomic mass is 16.4. The fraction of sp³-hybridized carbons (Fsp3) is 0.182. The second-order valence-electron chi connectivity index (χ2n) is 2.61. The zero-order valence-electron chi connectivity index (χ0n) is 7.70. The van der Waals surface area contributed by atoms with Crippen molar-refractivity contribution >= 4 is 5.71 Å². The maximum absolute atomic E-state index is 8.62. The summed E-state index contributed by atoms with van der Waals surface area (Å²) in [7, 11) is 0. The molecule has 13 heavy (non-hydrogen) atoms. The van der Waals surface area contributed by atoms with E-state index in [1.54, 1.807) is 13.8 Å². The monoisotopic (exact) mass is 173 g/mol. The summed E-state index contributed by atoms with van der Waals surface area (Å²) >= 11 is 0. The predicted molar refractivity (Wildman–Crippen MR) is 53.0 cm³/mol. The minimum absolute atomic E-state index is 0.582. The summed E-state index contributed by atoms with van der Waals surface area (Å²) in [4.78, 5) is 0. The minimum atomic E-state index is 0.582. The van der Waals surface area contributed by atoms with Gasteiger partial charge in [-0.25, -0.2) is 0 Å². The van der Waals surface area contributed by atoms with Crippen LogP contribution in [0.15, 0.2) is 29.4 Å². The van der Waals surface area contributed by atoms with Gasteiger partial charge in [0, 0.05) is 11.1 Å². The molecule has 1 aromatic rings. The largest absolute Gasteiger partial charge is 0.411 e. The first-order chi connectivity index (χ1) is 6.29. The highest BCUT2D eigenvalue weighted by Crippen LogP contribution is 2.08. The van der Waals surface area contributed by atoms with Gasteiger partial charge in [-0.2, -0.15) is 0 Å². The average molecular weight is 173 g/mol. The maximum atomic E-state index is 8.62. The fourth-order valence-electron chi connectivity index (χ4n) is 1.10. The van der Waals surface area contributed by atoms with Crippen molar-refractivity contribution in [2.24, 2.45) is 5.16 Å². The molecule has 0 atom stereocenters. The molecule has 0 aromatic heterocycles. The normalized spacial score (nSPS) is 10.5. The first-order valence-electron chi connectivity index (χ1n) is 4.00. The molecular formula is C11H11NO. The summed E-state index contributed by atoms with van der Waals surface area (Å²) in [5.74, 6) is 5.77. The molecule has 0 aliphatic heterocycles. The first kappa shape index (κ1) is 9.34. The van der Waals surface area contributed by atoms with Crippen LogP contribution in [0.1, 0.15) is 25.0 Å². The number of rotatable bonds is 1. The minimum Gasteiger partial charge on any atom is -0.411 e. The first-order valence-corrected chi connectivity index (χ1v) is 4.00. The standard InChI is InChI=1S/C11H11NO/c1-3-6-10-7-4-5-8-11(10)9(2)12-13/h4-5,7-8,13H,1-2H3/b12-9+. The van der Waals surface area contributed by atoms with E-state index in [2.05, 4.69) is 17.0 Å². The van der Waals surface area contributed by atoms with Gasteiger partial charge in [-0.15, -0.1) is 5.92 Å². The summed E-state index contributed by atoms with van der Waals surface area (Å²) in [6.07, 6.45) is 0. The molecule has 0 amide bonds. The third kappa shape index (κ3) is 2.09. The topological polar surface area (TPSA) is 32.6 Å². The van der Waals surface area contributed by atoms with Crippen molar-refractivity contribution in [1.29, 1.82) is 0 Å². The molecule has 0 aliphatic carbocycles. The Morgan fingerprint density at radius 2 is 2.08 bits per heavy atom. The van der Waals surface area contributed by atoms with Gasteiger partial charge in [0.1, 0.15) is 0 Å². The molecule has 0 radical (unpaired) electrons. The summed E-state index contributed by atoms with van der Waals surface area (Å²) in [6, 6.07) is 7.59. The van der Waals surface area contributed by atoms with Crippen molar-refractivity contribution < 1.29 is 5.21 Å². The predicted octanol–water partition coefficient (Wildman–Crippen LogP) is 2.26. The number of hydrogen-bond acceptors (Lipinski definition) is 2. The van der Waals surface area contributed by atoms with Crippen LogP contribution < -0.4 is 0 Å². The Hall–Kier alpha value is -1.75. The average Bonchev–Trinajstić information content (AvgIpc) is 2.18. The summed E-state index contributed by atoms with van der Waals surface area (Å²) in [5.41, 5.74) is 2.35. The van der Waals surface area contributed by atoms with Gasteiger partial charge in [-0.3, -0.25) is 0 Å². The van der Waals surface area contributed by atoms with E-state index in [-0.39, 0.29) is 0 Å². The van der Waals surface area contributed by atoms with Gasteiger partial charge in [0.15, 0.2) is 0 Å². The fourth-order valence-corrected chi connectivity index (χ4v) is 1.10. The van der Waals surface area contributed by atoms with E-state index < -0.39 is 0 Å². The van der Waals surface area contributed by atoms with E-state index in [4.69, 9.17) is 5.21 Å². The van der Waals surface area contributed by atoms with Crippen LogP contribution in [0.3, 0.4) is 0 Å². The van der Waals surface area contributed by atoms with E-state index in [0.717, 1.165) is 11.1 Å². The Bertz CT molecular complexity index is 383. The molecule has 0 saturated heterocycles. The van der Waals surface area contributed by atoms with E-state index in [0.29, 0.717) is 5.71 Å². The Balaban J connectivity index is 3.25. The molecule has 2 nitrogen and oxygen atoms in total. The van der Waals surface area contributed by atoms with Crippen LogP contribution in [0, 0.1) is 11.8 Å². The second kappa shape index (κ2) is 4.32. The quantitative estimate of drug-likeness (QED) is 0.300. The second-order valence-corrected chi connectivity index (χ2v) is 2.61. The molecule has 0 aliphatic rings. The van der Waals surface area contributed by atoms with Gasteiger partial charge in [0.25, 0.3) is 0 Å². The van der Waals surface area contributed by atoms with Gasteiger partial charge in [-0.1, -0.05) is 29.3 Å². The Kier molecular flexibility index (Phi) is 3.10. The maximum Gasteiger partial charge on any atom is 0.0849 e. The van der Waals surface area contributed by atoms with E-state index in [1.807, 2.05) is 24.3 Å². The highest BCUT2D eigenvalue weighted by Gasteiger charge is 2.01. The third-order valence-corrected chi connectivity index (χ3v) is 1.73. The Labute approximate surface area is 77.9 Å². The van der Waals surface area contributed by atoms with Crippen LogP contribution >= 0.6 is 0 Å². The van der Waals surface area contributed by atoms with Crippen molar-refractivity contribution in [3.8, 4) is 11.8 Å². The molecule has 0 fully saturated rings. The number of oxime groups is 1. The Morgan fingerprint density at radius 3 is 2.69 bits per heavy atom. The number of nitrogens with zero attached hydrogens (tertiary/aromatic N) is 1. The van der Waals surface area contributed by atoms with Gasteiger partial charge in [0.05, 0.1) is 5.71 Å². The van der Waals surface area contributed by atoms with E-state index in [1.165, 1.54) is 0 Å². The van der Waals surface area contributed by atoms with Crippen molar-refractivity contribution in [3.05, 3.63) is 35.4 Å². The third-order valence-electron chi connectivity index (χ3n) is 1.73. The van der Waals surface area contributed by atoms with E-state index in [9.17, 15) is 0 Å². The van der Waals surface area contributed by atoms with Crippen LogP contribution in [-0.2, 0) is 0 Å². The molecule has 0 saturated carbocycles. The van der Waals surface area contributed by atoms with Crippen molar-refractivity contribution in [2.45, 2.75) is 13.8 Å². The lowest BCUT2D eigenvalue weighted by Gasteiger charge is -2.00. The molecule has 0 heterocycles. The van der Waals surface area contributed by atoms with Crippen molar-refractivity contribution in [1.82, 2.24) is 0 Å². The van der Waals surface area contributed by atoms with Gasteiger partial charge in [-0.05, 0) is 19.9 Å². The zero-order valence-corrected chi connectivity index (χ0v) is 7.70. The Morgan fingerprint density at radius 1 is 1.38 bits per heavy atom. The van der Waals surface area contributed by atoms with E-state index >= 15 is 0 Å². The number of benzene rings is 1. The molecule has 1 rings (SSSR count). The summed E-state index contributed by atoms with van der Waals surface area (Å²) in [6.45, 7) is 3.53. The molecule has 2 heteroatoms. The van der Waals surface area contributed by atoms with Crippen LogP contribution in [0.2, 0.25) is 0 Å². The van der Waals surface area contributed by atoms with Crippen LogP contribution in [0.25, 0.3) is 0 Å². The van der Waals surface area contributed by atoms with Crippen molar-refractivity contribution in [2.75, 3.05) is 0 Å². The molecule has 0 bridgehead atoms. The molecule has 1 N–H and O–H groups in total. The molecule has 66 valence electrons. The molecule has 0 spiro atoms. The highest BCUT2D eigenvalue weighted by molar-refractivity contribution is 6.00. The van der Waals surface area contributed by atoms with Crippen LogP contribution in [-0.4, -0.2) is 10.9 Å². The lowest BCUT2D eigenvalue weighted by Crippen LogP contribution is -1.97. The molecule has 1 aromatic carbocycles. The van der Waals surface area contributed by atoms with Gasteiger partial charge >= 0.3 is 0 Å². The molecular weight excluding hydrogens is 162 g/mol. The van der Waals surface area contributed by atoms with Gasteiger partial charge < -0.3 is 5.21 Å². The summed E-state index contributed by atoms with van der Waals surface area (Å²) in [5, 5.41) is 11.8. The number of hydrogen-bond donors (Lipinski definition) is 1. The molecule has 0 unspecified atom stereocenters. The lowest BCUT2D eigenvalue weighted by molar-refractivity contribution is 0.319. The van der Waals surface area contributed by atoms with Crippen molar-refractivity contribution in [3.63, 3.8) is 0 Å². The van der Waals surface area contributed by atoms with Crippen LogP contribution in [0.4, 0.5) is 0 Å². The SMILES string of the molecule is CC#Cc1ccccc1/C(C)=N/O. The van der Waals surface area contributed by atoms with Crippen LogP contribution in [0.5, 0.6) is 0 Å². The smallest absolute Gasteiger partial charge is 0.0849 e. The summed E-state index contributed by atoms with van der Waals surface area (Å²) < 4.78 is 0. The van der Waals surface area contributed by atoms with Gasteiger partial charge in [0.2, 0.25) is 0 Å². The zero-order chi connectivity index (χ0) is 9.68. The lowest BCUT2D eigenvalue weighted by atomic mass is 10.0.